The van der Waals surface area contributed by atoms with Crippen molar-refractivity contribution in [2.24, 2.45) is 46.3 Å². The molecule has 1 amide bonds. The van der Waals surface area contributed by atoms with Gasteiger partial charge in [-0.2, -0.15) is 8.42 Å². The molecule has 0 aliphatic heterocycles. The molecule has 0 bridgehead atoms. The Hall–Kier alpha value is -0.700. The number of rotatable bonds is 7. The molecule has 0 aromatic rings. The van der Waals surface area contributed by atoms with E-state index in [2.05, 4.69) is 26.1 Å². The third-order valence-corrected chi connectivity index (χ3v) is 11.7. The van der Waals surface area contributed by atoms with Crippen LogP contribution in [0.4, 0.5) is 0 Å². The number of carbonyl (C=O) groups excluding carboxylic acids is 1. The van der Waals surface area contributed by atoms with Crippen LogP contribution in [-0.4, -0.2) is 53.6 Å². The fraction of sp³-hybridized carbons (Fsp3) is 0.962. The van der Waals surface area contributed by atoms with Crippen LogP contribution in [0.3, 0.4) is 0 Å². The zero-order valence-electron chi connectivity index (χ0n) is 21.1. The molecular formula is C26H45NO6S. The highest BCUT2D eigenvalue weighted by Gasteiger charge is 2.63. The molecule has 0 saturated heterocycles. The van der Waals surface area contributed by atoms with E-state index in [1.165, 1.54) is 12.8 Å². The predicted octanol–water partition coefficient (Wildman–Crippen LogP) is 3.40. The maximum absolute atomic E-state index is 12.2. The van der Waals surface area contributed by atoms with Gasteiger partial charge in [0, 0.05) is 13.0 Å². The van der Waals surface area contributed by atoms with Crippen LogP contribution < -0.4 is 5.32 Å². The van der Waals surface area contributed by atoms with Gasteiger partial charge in [-0.3, -0.25) is 9.35 Å². The summed E-state index contributed by atoms with van der Waals surface area (Å²) in [5.74, 6) is 2.28. The highest BCUT2D eigenvalue weighted by molar-refractivity contribution is 7.85. The van der Waals surface area contributed by atoms with Crippen LogP contribution in [0.15, 0.2) is 0 Å². The summed E-state index contributed by atoms with van der Waals surface area (Å²) in [4.78, 5) is 12.2. The molecule has 0 aromatic heterocycles. The average molecular weight is 500 g/mol. The first-order chi connectivity index (χ1) is 15.9. The monoisotopic (exact) mass is 499 g/mol. The predicted molar refractivity (Wildman–Crippen MR) is 130 cm³/mol. The molecule has 0 radical (unpaired) electrons. The van der Waals surface area contributed by atoms with Crippen LogP contribution in [0.2, 0.25) is 0 Å². The van der Waals surface area contributed by atoms with Crippen LogP contribution in [0.25, 0.3) is 0 Å². The minimum Gasteiger partial charge on any atom is -0.393 e. The lowest BCUT2D eigenvalue weighted by Gasteiger charge is -2.62. The van der Waals surface area contributed by atoms with Crippen molar-refractivity contribution in [1.82, 2.24) is 5.32 Å². The Balaban J connectivity index is 1.40. The molecule has 0 heterocycles. The number of aliphatic hydroxyl groups excluding tert-OH is 2. The third-order valence-electron chi connectivity index (χ3n) is 11.0. The first kappa shape index (κ1) is 26.4. The van der Waals surface area contributed by atoms with E-state index >= 15 is 0 Å². The molecular weight excluding hydrogens is 454 g/mol. The summed E-state index contributed by atoms with van der Waals surface area (Å²) in [5, 5.41) is 24.5. The second-order valence-corrected chi connectivity index (χ2v) is 14.1. The average Bonchev–Trinajstić information content (AvgIpc) is 3.11. The molecule has 4 fully saturated rings. The SMILES string of the molecule is C[C@H](CCC(=O)NCCS(=O)(=O)O)C1CC[C@H]2[C@@H]3CCC4C[C@H](O)CC[C@]4(C)[C@H]3C[C@H](O)[C@]12C. The Bertz CT molecular complexity index is 863. The number of fused-ring (bicyclic) bond motifs is 5. The van der Waals surface area contributed by atoms with Gasteiger partial charge in [-0.05, 0) is 104 Å². The maximum Gasteiger partial charge on any atom is 0.266 e. The highest BCUT2D eigenvalue weighted by Crippen LogP contribution is 2.68. The number of hydrogen-bond acceptors (Lipinski definition) is 5. The summed E-state index contributed by atoms with van der Waals surface area (Å²) in [5.41, 5.74) is 0.105. The molecule has 10 atom stereocenters. The molecule has 8 heteroatoms. The second kappa shape index (κ2) is 9.64. The van der Waals surface area contributed by atoms with Gasteiger partial charge in [-0.25, -0.2) is 0 Å². The van der Waals surface area contributed by atoms with E-state index in [0.29, 0.717) is 48.3 Å². The van der Waals surface area contributed by atoms with Gasteiger partial charge in [0.1, 0.15) is 0 Å². The van der Waals surface area contributed by atoms with Gasteiger partial charge in [0.25, 0.3) is 10.1 Å². The number of hydrogen-bond donors (Lipinski definition) is 4. The molecule has 4 aliphatic rings. The van der Waals surface area contributed by atoms with Crippen molar-refractivity contribution in [3.8, 4) is 0 Å². The Morgan fingerprint density at radius 1 is 1.06 bits per heavy atom. The molecule has 4 rings (SSSR count). The van der Waals surface area contributed by atoms with Gasteiger partial charge in [0.2, 0.25) is 5.91 Å². The van der Waals surface area contributed by atoms with Crippen molar-refractivity contribution >= 4 is 16.0 Å². The van der Waals surface area contributed by atoms with E-state index < -0.39 is 15.9 Å². The summed E-state index contributed by atoms with van der Waals surface area (Å²) >= 11 is 0. The maximum atomic E-state index is 12.2. The first-order valence-corrected chi connectivity index (χ1v) is 15.0. The molecule has 0 spiro atoms. The van der Waals surface area contributed by atoms with Crippen molar-refractivity contribution in [1.29, 1.82) is 0 Å². The Kier molecular flexibility index (Phi) is 7.47. The van der Waals surface area contributed by atoms with Crippen molar-refractivity contribution in [3.63, 3.8) is 0 Å². The molecule has 4 N–H and O–H groups in total. The molecule has 0 aromatic carbocycles. The Labute approximate surface area is 205 Å². The second-order valence-electron chi connectivity index (χ2n) is 12.5. The molecule has 2 unspecified atom stereocenters. The van der Waals surface area contributed by atoms with Crippen LogP contribution in [0.1, 0.15) is 85.0 Å². The summed E-state index contributed by atoms with van der Waals surface area (Å²) in [6.45, 7) is 6.86. The lowest BCUT2D eigenvalue weighted by molar-refractivity contribution is -0.174. The van der Waals surface area contributed by atoms with E-state index in [-0.39, 0.29) is 35.5 Å². The molecule has 34 heavy (non-hydrogen) atoms. The summed E-state index contributed by atoms with van der Waals surface area (Å²) in [6.07, 6.45) is 8.93. The standard InChI is InChI=1S/C26H45NO6S/c1-16(4-9-24(30)27-12-13-34(31,32)33)20-7-8-21-19-6-5-17-14-18(28)10-11-25(17,2)22(19)15-23(29)26(20,21)3/h16-23,28-29H,4-15H2,1-3H3,(H,27,30)(H,31,32,33)/t16-,17?,18-,19+,20?,21+,22+,23+,25+,26-/m1/s1. The van der Waals surface area contributed by atoms with Crippen molar-refractivity contribution in [3.05, 3.63) is 0 Å². The van der Waals surface area contributed by atoms with Gasteiger partial charge < -0.3 is 15.5 Å². The minimum atomic E-state index is -4.07. The van der Waals surface area contributed by atoms with Gasteiger partial charge in [0.05, 0.1) is 18.0 Å². The van der Waals surface area contributed by atoms with Gasteiger partial charge in [-0.15, -0.1) is 0 Å². The minimum absolute atomic E-state index is 0.0756. The normalized spacial score (nSPS) is 45.1. The van der Waals surface area contributed by atoms with Gasteiger partial charge >= 0.3 is 0 Å². The lowest BCUT2D eigenvalue weighted by Crippen LogP contribution is -2.58. The Morgan fingerprint density at radius 2 is 1.79 bits per heavy atom. The quantitative estimate of drug-likeness (QED) is 0.398. The molecule has 7 nitrogen and oxygen atoms in total. The lowest BCUT2D eigenvalue weighted by atomic mass is 9.43. The largest absolute Gasteiger partial charge is 0.393 e. The Morgan fingerprint density at radius 3 is 2.50 bits per heavy atom. The van der Waals surface area contributed by atoms with Crippen molar-refractivity contribution < 1.29 is 28.0 Å². The van der Waals surface area contributed by atoms with Crippen LogP contribution >= 0.6 is 0 Å². The van der Waals surface area contributed by atoms with Crippen LogP contribution in [0, 0.1) is 46.3 Å². The zero-order chi connectivity index (χ0) is 24.9. The van der Waals surface area contributed by atoms with Crippen molar-refractivity contribution in [2.75, 3.05) is 12.3 Å². The molecule has 4 aliphatic carbocycles. The first-order valence-electron chi connectivity index (χ1n) is 13.4. The van der Waals surface area contributed by atoms with Crippen molar-refractivity contribution in [2.45, 2.75) is 97.2 Å². The fourth-order valence-corrected chi connectivity index (χ4v) is 9.49. The van der Waals surface area contributed by atoms with Gasteiger partial charge in [-0.1, -0.05) is 20.8 Å². The van der Waals surface area contributed by atoms with E-state index in [1.807, 2.05) is 0 Å². The van der Waals surface area contributed by atoms with E-state index in [1.54, 1.807) is 0 Å². The topological polar surface area (TPSA) is 124 Å². The summed E-state index contributed by atoms with van der Waals surface area (Å²) < 4.78 is 30.5. The summed E-state index contributed by atoms with van der Waals surface area (Å²) in [7, 11) is -4.07. The molecule has 196 valence electrons. The number of aliphatic hydroxyl groups is 2. The highest BCUT2D eigenvalue weighted by atomic mass is 32.2. The number of amides is 1. The van der Waals surface area contributed by atoms with E-state index in [0.717, 1.165) is 38.5 Å². The van der Waals surface area contributed by atoms with E-state index in [4.69, 9.17) is 4.55 Å². The fourth-order valence-electron chi connectivity index (χ4n) is 9.13. The van der Waals surface area contributed by atoms with Crippen LogP contribution in [0.5, 0.6) is 0 Å². The number of nitrogens with one attached hydrogen (secondary N) is 1. The van der Waals surface area contributed by atoms with Gasteiger partial charge in [0.15, 0.2) is 0 Å². The zero-order valence-corrected chi connectivity index (χ0v) is 21.9. The molecule has 4 saturated carbocycles. The van der Waals surface area contributed by atoms with Crippen LogP contribution in [-0.2, 0) is 14.9 Å². The number of carbonyl (C=O) groups is 1. The smallest absolute Gasteiger partial charge is 0.266 e. The summed E-state index contributed by atoms with van der Waals surface area (Å²) in [6, 6.07) is 0. The third kappa shape index (κ3) is 4.81. The van der Waals surface area contributed by atoms with E-state index in [9.17, 15) is 23.4 Å².